The van der Waals surface area contributed by atoms with Crippen molar-refractivity contribution in [2.45, 2.75) is 13.3 Å². The highest BCUT2D eigenvalue weighted by Crippen LogP contribution is 2.12. The van der Waals surface area contributed by atoms with Crippen LogP contribution < -0.4 is 16.0 Å². The molecule has 9 heteroatoms. The van der Waals surface area contributed by atoms with Gasteiger partial charge in [-0.05, 0) is 42.8 Å². The molecule has 0 fully saturated rings. The Labute approximate surface area is 161 Å². The number of carbonyl (C=O) groups excluding carboxylic acids is 4. The Hall–Kier alpha value is -3.62. The summed E-state index contributed by atoms with van der Waals surface area (Å²) in [6.07, 6.45) is 2.18. The normalized spacial score (nSPS) is 10.0. The third-order valence-corrected chi connectivity index (χ3v) is 3.48. The van der Waals surface area contributed by atoms with Crippen molar-refractivity contribution in [1.82, 2.24) is 10.6 Å². The molecule has 3 N–H and O–H groups in total. The summed E-state index contributed by atoms with van der Waals surface area (Å²) in [4.78, 5) is 46.8. The summed E-state index contributed by atoms with van der Waals surface area (Å²) in [7, 11) is 0. The molecule has 0 atom stereocenters. The monoisotopic (exact) mass is 387 g/mol. The van der Waals surface area contributed by atoms with Crippen molar-refractivity contribution in [2.75, 3.05) is 25.0 Å². The van der Waals surface area contributed by atoms with E-state index in [2.05, 4.69) is 16.0 Å². The number of rotatable bonds is 9. The van der Waals surface area contributed by atoms with Gasteiger partial charge in [0.25, 0.3) is 11.8 Å². The summed E-state index contributed by atoms with van der Waals surface area (Å²) in [6, 6.07) is 9.08. The smallest absolute Gasteiger partial charge is 0.338 e. The zero-order valence-electron chi connectivity index (χ0n) is 15.3. The average molecular weight is 387 g/mol. The lowest BCUT2D eigenvalue weighted by molar-refractivity contribution is -0.127. The number of hydrogen-bond acceptors (Lipinski definition) is 6. The average Bonchev–Trinajstić information content (AvgIpc) is 3.24. The second kappa shape index (κ2) is 10.5. The number of anilines is 1. The maximum absolute atomic E-state index is 12.0. The van der Waals surface area contributed by atoms with Crippen LogP contribution in [0.2, 0.25) is 0 Å². The first-order valence-corrected chi connectivity index (χ1v) is 8.65. The third kappa shape index (κ3) is 6.60. The van der Waals surface area contributed by atoms with E-state index in [0.29, 0.717) is 12.2 Å². The van der Waals surface area contributed by atoms with Gasteiger partial charge >= 0.3 is 5.97 Å². The van der Waals surface area contributed by atoms with Crippen LogP contribution in [0.5, 0.6) is 0 Å². The number of carbonyl (C=O) groups is 4. The molecule has 1 heterocycles. The minimum absolute atomic E-state index is 0.165. The number of benzene rings is 1. The minimum Gasteiger partial charge on any atom is -0.459 e. The number of hydrogen-bond donors (Lipinski definition) is 3. The number of ether oxygens (including phenoxy) is 1. The van der Waals surface area contributed by atoms with Crippen LogP contribution in [0.3, 0.4) is 0 Å². The molecular formula is C19H21N3O6. The quantitative estimate of drug-likeness (QED) is 0.557. The highest BCUT2D eigenvalue weighted by Gasteiger charge is 2.12. The molecule has 0 aliphatic rings. The van der Waals surface area contributed by atoms with Crippen LogP contribution in [-0.2, 0) is 14.3 Å². The third-order valence-electron chi connectivity index (χ3n) is 3.48. The molecule has 1 aromatic heterocycles. The molecule has 2 rings (SSSR count). The van der Waals surface area contributed by atoms with Gasteiger partial charge in [0.05, 0.1) is 18.4 Å². The molecule has 9 nitrogen and oxygen atoms in total. The fourth-order valence-electron chi connectivity index (χ4n) is 2.06. The van der Waals surface area contributed by atoms with Crippen molar-refractivity contribution in [3.63, 3.8) is 0 Å². The topological polar surface area (TPSA) is 127 Å². The molecule has 2 aromatic rings. The predicted octanol–water partition coefficient (Wildman–Crippen LogP) is 1.33. The van der Waals surface area contributed by atoms with E-state index in [9.17, 15) is 19.2 Å². The summed E-state index contributed by atoms with van der Waals surface area (Å²) < 4.78 is 9.89. The van der Waals surface area contributed by atoms with Gasteiger partial charge in [-0.2, -0.15) is 0 Å². The van der Waals surface area contributed by atoms with Gasteiger partial charge in [-0.25, -0.2) is 4.79 Å². The first-order chi connectivity index (χ1) is 13.5. The molecule has 0 saturated carbocycles. The number of amides is 3. The largest absolute Gasteiger partial charge is 0.459 e. The zero-order chi connectivity index (χ0) is 20.4. The van der Waals surface area contributed by atoms with Gasteiger partial charge < -0.3 is 25.1 Å². The molecule has 0 bridgehead atoms. The van der Waals surface area contributed by atoms with Gasteiger partial charge in [-0.15, -0.1) is 0 Å². The number of nitrogens with one attached hydrogen (secondary N) is 3. The Morgan fingerprint density at radius 1 is 1.00 bits per heavy atom. The van der Waals surface area contributed by atoms with E-state index in [0.717, 1.165) is 6.42 Å². The molecule has 0 unspecified atom stereocenters. The van der Waals surface area contributed by atoms with Crippen molar-refractivity contribution in [3.8, 4) is 0 Å². The van der Waals surface area contributed by atoms with Gasteiger partial charge in [0.1, 0.15) is 0 Å². The maximum atomic E-state index is 12.0. The minimum atomic E-state index is -0.700. The van der Waals surface area contributed by atoms with E-state index in [1.807, 2.05) is 6.92 Å². The second-order valence-corrected chi connectivity index (χ2v) is 5.71. The number of furan rings is 1. The zero-order valence-corrected chi connectivity index (χ0v) is 15.3. The van der Waals surface area contributed by atoms with Crippen molar-refractivity contribution in [1.29, 1.82) is 0 Å². The van der Waals surface area contributed by atoms with E-state index in [1.165, 1.54) is 36.6 Å². The van der Waals surface area contributed by atoms with Gasteiger partial charge in [0.15, 0.2) is 12.4 Å². The van der Waals surface area contributed by atoms with Crippen LogP contribution in [0.1, 0.15) is 34.3 Å². The lowest BCUT2D eigenvalue weighted by Gasteiger charge is -2.08. The van der Waals surface area contributed by atoms with Crippen LogP contribution >= 0.6 is 0 Å². The van der Waals surface area contributed by atoms with Gasteiger partial charge in [0, 0.05) is 12.2 Å². The maximum Gasteiger partial charge on any atom is 0.338 e. The van der Waals surface area contributed by atoms with Gasteiger partial charge in [-0.3, -0.25) is 14.4 Å². The molecule has 28 heavy (non-hydrogen) atoms. The van der Waals surface area contributed by atoms with Gasteiger partial charge in [0.2, 0.25) is 5.91 Å². The Morgan fingerprint density at radius 3 is 2.39 bits per heavy atom. The molecular weight excluding hydrogens is 366 g/mol. The number of esters is 1. The predicted molar refractivity (Wildman–Crippen MR) is 99.7 cm³/mol. The molecule has 148 valence electrons. The van der Waals surface area contributed by atoms with Gasteiger partial charge in [-0.1, -0.05) is 6.92 Å². The standard InChI is InChI=1S/C19H21N3O6/c1-2-9-20-16(23)11-21-17(24)12-28-19(26)13-5-7-14(8-6-13)22-18(25)15-4-3-10-27-15/h3-8,10H,2,9,11-12H2,1H3,(H,20,23)(H,21,24)(H,22,25). The molecule has 0 saturated heterocycles. The van der Waals surface area contributed by atoms with Crippen LogP contribution in [0.15, 0.2) is 47.1 Å². The van der Waals surface area contributed by atoms with E-state index in [4.69, 9.17) is 9.15 Å². The Kier molecular flexibility index (Phi) is 7.77. The van der Waals surface area contributed by atoms with Crippen LogP contribution in [0.4, 0.5) is 5.69 Å². The van der Waals surface area contributed by atoms with E-state index in [-0.39, 0.29) is 23.8 Å². The molecule has 0 radical (unpaired) electrons. The van der Waals surface area contributed by atoms with E-state index in [1.54, 1.807) is 6.07 Å². The Balaban J connectivity index is 1.75. The van der Waals surface area contributed by atoms with Crippen molar-refractivity contribution >= 4 is 29.4 Å². The molecule has 0 aliphatic heterocycles. The molecule has 3 amide bonds. The summed E-state index contributed by atoms with van der Waals surface area (Å²) in [5.41, 5.74) is 0.679. The van der Waals surface area contributed by atoms with E-state index < -0.39 is 24.4 Å². The van der Waals surface area contributed by atoms with Crippen LogP contribution in [0.25, 0.3) is 0 Å². The first-order valence-electron chi connectivity index (χ1n) is 8.65. The lowest BCUT2D eigenvalue weighted by atomic mass is 10.2. The van der Waals surface area contributed by atoms with E-state index >= 15 is 0 Å². The molecule has 0 spiro atoms. The Morgan fingerprint density at radius 2 is 1.75 bits per heavy atom. The van der Waals surface area contributed by atoms with Crippen molar-refractivity contribution in [3.05, 3.63) is 54.0 Å². The summed E-state index contributed by atoms with van der Waals surface area (Å²) in [5, 5.41) is 7.58. The van der Waals surface area contributed by atoms with Crippen LogP contribution in [0, 0.1) is 0 Å². The molecule has 0 aliphatic carbocycles. The summed E-state index contributed by atoms with van der Waals surface area (Å²) >= 11 is 0. The van der Waals surface area contributed by atoms with Crippen LogP contribution in [-0.4, -0.2) is 43.4 Å². The Bertz CT molecular complexity index is 815. The molecule has 1 aromatic carbocycles. The summed E-state index contributed by atoms with van der Waals surface area (Å²) in [6.45, 7) is 1.76. The fourth-order valence-corrected chi connectivity index (χ4v) is 2.06. The fraction of sp³-hybridized carbons (Fsp3) is 0.263. The SMILES string of the molecule is CCCNC(=O)CNC(=O)COC(=O)c1ccc(NC(=O)c2ccco2)cc1. The second-order valence-electron chi connectivity index (χ2n) is 5.71. The summed E-state index contributed by atoms with van der Waals surface area (Å²) in [5.74, 6) is -1.84. The highest BCUT2D eigenvalue weighted by molar-refractivity contribution is 6.02. The lowest BCUT2D eigenvalue weighted by Crippen LogP contribution is -2.38. The highest BCUT2D eigenvalue weighted by atomic mass is 16.5. The van der Waals surface area contributed by atoms with Crippen molar-refractivity contribution < 1.29 is 28.3 Å². The first kappa shape index (κ1) is 20.7. The van der Waals surface area contributed by atoms with Crippen molar-refractivity contribution in [2.24, 2.45) is 0 Å².